The number of aliphatic hydroxyl groups excluding tert-OH is 1. The molecule has 78 valence electrons. The Morgan fingerprint density at radius 2 is 2.21 bits per heavy atom. The Labute approximate surface area is 82.5 Å². The van der Waals surface area contributed by atoms with Crippen molar-refractivity contribution in [3.8, 4) is 0 Å². The van der Waals surface area contributed by atoms with Gasteiger partial charge in [0.2, 0.25) is 0 Å². The fourth-order valence-electron chi connectivity index (χ4n) is 1.66. The van der Waals surface area contributed by atoms with Gasteiger partial charge in [-0.1, -0.05) is 5.16 Å². The van der Waals surface area contributed by atoms with Crippen LogP contribution in [0, 0.1) is 0 Å². The minimum absolute atomic E-state index is 0.318. The van der Waals surface area contributed by atoms with Crippen LogP contribution in [-0.2, 0) is 0 Å². The highest BCUT2D eigenvalue weighted by Gasteiger charge is 2.21. The summed E-state index contributed by atoms with van der Waals surface area (Å²) in [5.74, 6) is 1.44. The molecule has 0 aromatic carbocycles. The van der Waals surface area contributed by atoms with E-state index < -0.39 is 6.10 Å². The molecule has 1 aliphatic rings. The van der Waals surface area contributed by atoms with E-state index in [0.717, 1.165) is 31.8 Å². The van der Waals surface area contributed by atoms with E-state index >= 15 is 0 Å². The van der Waals surface area contributed by atoms with Gasteiger partial charge in [-0.2, -0.15) is 4.98 Å². The Morgan fingerprint density at radius 3 is 2.79 bits per heavy atom. The summed E-state index contributed by atoms with van der Waals surface area (Å²) in [6.45, 7) is 3.63. The number of nitrogens with zero attached hydrogens (tertiary/aromatic N) is 2. The monoisotopic (exact) mass is 197 g/mol. The highest BCUT2D eigenvalue weighted by atomic mass is 16.5. The molecule has 1 aliphatic heterocycles. The second-order valence-electron chi connectivity index (χ2n) is 3.69. The van der Waals surface area contributed by atoms with Gasteiger partial charge in [0.1, 0.15) is 6.10 Å². The predicted octanol–water partition coefficient (Wildman–Crippen LogP) is 0.590. The van der Waals surface area contributed by atoms with Gasteiger partial charge in [0, 0.05) is 5.92 Å². The van der Waals surface area contributed by atoms with Crippen molar-refractivity contribution >= 4 is 0 Å². The number of piperidine rings is 1. The Kier molecular flexibility index (Phi) is 2.79. The standard InChI is InChI=1S/C9H15N3O2/c1-6(13)9-11-8(12-14-9)7-2-4-10-5-3-7/h6-7,10,13H,2-5H2,1H3/t6-/m0/s1. The quantitative estimate of drug-likeness (QED) is 0.726. The van der Waals surface area contributed by atoms with Gasteiger partial charge in [-0.15, -0.1) is 0 Å². The van der Waals surface area contributed by atoms with Crippen LogP contribution < -0.4 is 5.32 Å². The molecule has 0 aliphatic carbocycles. The molecule has 0 bridgehead atoms. The Balaban J connectivity index is 2.07. The van der Waals surface area contributed by atoms with E-state index in [9.17, 15) is 5.11 Å². The van der Waals surface area contributed by atoms with Crippen LogP contribution in [0.5, 0.6) is 0 Å². The van der Waals surface area contributed by atoms with Crippen molar-refractivity contribution in [2.75, 3.05) is 13.1 Å². The first kappa shape index (κ1) is 9.61. The third kappa shape index (κ3) is 1.93. The molecule has 1 fully saturated rings. The van der Waals surface area contributed by atoms with E-state index in [2.05, 4.69) is 15.5 Å². The maximum absolute atomic E-state index is 9.23. The SMILES string of the molecule is C[C@H](O)c1nc(C2CCNCC2)no1. The van der Waals surface area contributed by atoms with Crippen LogP contribution in [0.25, 0.3) is 0 Å². The van der Waals surface area contributed by atoms with Crippen molar-refractivity contribution in [2.45, 2.75) is 31.8 Å². The number of rotatable bonds is 2. The fraction of sp³-hybridized carbons (Fsp3) is 0.778. The van der Waals surface area contributed by atoms with E-state index in [1.54, 1.807) is 6.92 Å². The van der Waals surface area contributed by atoms with Gasteiger partial charge in [-0.3, -0.25) is 0 Å². The summed E-state index contributed by atoms with van der Waals surface area (Å²) in [6.07, 6.45) is 1.41. The highest BCUT2D eigenvalue weighted by molar-refractivity contribution is 4.98. The maximum Gasteiger partial charge on any atom is 0.255 e. The molecule has 0 spiro atoms. The first-order valence-electron chi connectivity index (χ1n) is 4.99. The number of hydrogen-bond acceptors (Lipinski definition) is 5. The molecule has 14 heavy (non-hydrogen) atoms. The summed E-state index contributed by atoms with van der Waals surface area (Å²) in [4.78, 5) is 4.18. The molecule has 0 saturated carbocycles. The van der Waals surface area contributed by atoms with Gasteiger partial charge in [0.25, 0.3) is 5.89 Å². The van der Waals surface area contributed by atoms with Gasteiger partial charge in [0.05, 0.1) is 0 Å². The van der Waals surface area contributed by atoms with E-state index in [1.165, 1.54) is 0 Å². The molecular weight excluding hydrogens is 182 g/mol. The number of aromatic nitrogens is 2. The summed E-state index contributed by atoms with van der Waals surface area (Å²) < 4.78 is 4.95. The zero-order chi connectivity index (χ0) is 9.97. The first-order valence-corrected chi connectivity index (χ1v) is 4.99. The molecule has 5 heteroatoms. The predicted molar refractivity (Wildman–Crippen MR) is 49.8 cm³/mol. The van der Waals surface area contributed by atoms with Crippen LogP contribution >= 0.6 is 0 Å². The lowest BCUT2D eigenvalue weighted by Crippen LogP contribution is -2.27. The second kappa shape index (κ2) is 4.06. The van der Waals surface area contributed by atoms with Crippen molar-refractivity contribution < 1.29 is 9.63 Å². The van der Waals surface area contributed by atoms with E-state index in [4.69, 9.17) is 4.52 Å². The average molecular weight is 197 g/mol. The summed E-state index contributed by atoms with van der Waals surface area (Å²) in [7, 11) is 0. The van der Waals surface area contributed by atoms with Crippen LogP contribution in [-0.4, -0.2) is 28.3 Å². The second-order valence-corrected chi connectivity index (χ2v) is 3.69. The summed E-state index contributed by atoms with van der Waals surface area (Å²) in [5.41, 5.74) is 0. The summed E-state index contributed by atoms with van der Waals surface area (Å²) >= 11 is 0. The van der Waals surface area contributed by atoms with Gasteiger partial charge in [-0.25, -0.2) is 0 Å². The van der Waals surface area contributed by atoms with Crippen LogP contribution in [0.4, 0.5) is 0 Å². The van der Waals surface area contributed by atoms with Gasteiger partial charge < -0.3 is 14.9 Å². The molecule has 1 atom stereocenters. The topological polar surface area (TPSA) is 71.2 Å². The van der Waals surface area contributed by atoms with Crippen molar-refractivity contribution in [1.82, 2.24) is 15.5 Å². The maximum atomic E-state index is 9.23. The lowest BCUT2D eigenvalue weighted by Gasteiger charge is -2.18. The third-order valence-electron chi connectivity index (χ3n) is 2.52. The van der Waals surface area contributed by atoms with Gasteiger partial charge in [0.15, 0.2) is 5.82 Å². The minimum atomic E-state index is -0.669. The molecular formula is C9H15N3O2. The Bertz CT molecular complexity index is 292. The molecule has 2 rings (SSSR count). The van der Waals surface area contributed by atoms with Crippen molar-refractivity contribution in [3.63, 3.8) is 0 Å². The van der Waals surface area contributed by atoms with Crippen LogP contribution in [0.15, 0.2) is 4.52 Å². The average Bonchev–Trinajstić information content (AvgIpc) is 2.68. The van der Waals surface area contributed by atoms with E-state index in [1.807, 2.05) is 0 Å². The molecule has 1 saturated heterocycles. The summed E-state index contributed by atoms with van der Waals surface area (Å²) in [5, 5.41) is 16.4. The largest absolute Gasteiger partial charge is 0.384 e. The third-order valence-corrected chi connectivity index (χ3v) is 2.52. The molecule has 0 amide bonds. The highest BCUT2D eigenvalue weighted by Crippen LogP contribution is 2.23. The smallest absolute Gasteiger partial charge is 0.255 e. The molecule has 5 nitrogen and oxygen atoms in total. The van der Waals surface area contributed by atoms with E-state index in [-0.39, 0.29) is 0 Å². The number of nitrogens with one attached hydrogen (secondary N) is 1. The molecule has 0 radical (unpaired) electrons. The minimum Gasteiger partial charge on any atom is -0.384 e. The zero-order valence-electron chi connectivity index (χ0n) is 8.23. The van der Waals surface area contributed by atoms with Crippen molar-refractivity contribution in [2.24, 2.45) is 0 Å². The molecule has 1 aromatic heterocycles. The molecule has 2 N–H and O–H groups in total. The van der Waals surface area contributed by atoms with E-state index in [0.29, 0.717) is 11.8 Å². The lowest BCUT2D eigenvalue weighted by atomic mass is 9.98. The first-order chi connectivity index (χ1) is 6.77. The number of hydrogen-bond donors (Lipinski definition) is 2. The van der Waals surface area contributed by atoms with Crippen LogP contribution in [0.3, 0.4) is 0 Å². The summed E-state index contributed by atoms with van der Waals surface area (Å²) in [6, 6.07) is 0. The van der Waals surface area contributed by atoms with Crippen molar-refractivity contribution in [3.05, 3.63) is 11.7 Å². The van der Waals surface area contributed by atoms with Gasteiger partial charge >= 0.3 is 0 Å². The van der Waals surface area contributed by atoms with Crippen LogP contribution in [0.1, 0.15) is 43.5 Å². The van der Waals surface area contributed by atoms with Crippen LogP contribution in [0.2, 0.25) is 0 Å². The number of aliphatic hydroxyl groups is 1. The Morgan fingerprint density at radius 1 is 1.50 bits per heavy atom. The molecule has 2 heterocycles. The molecule has 1 aromatic rings. The van der Waals surface area contributed by atoms with Gasteiger partial charge in [-0.05, 0) is 32.9 Å². The Hall–Kier alpha value is -0.940. The zero-order valence-corrected chi connectivity index (χ0v) is 8.23. The lowest BCUT2D eigenvalue weighted by molar-refractivity contribution is 0.151. The fourth-order valence-corrected chi connectivity index (χ4v) is 1.66. The molecule has 0 unspecified atom stereocenters. The van der Waals surface area contributed by atoms with Crippen molar-refractivity contribution in [1.29, 1.82) is 0 Å². The normalized spacial score (nSPS) is 21.0.